The van der Waals surface area contributed by atoms with E-state index >= 15 is 0 Å². The second kappa shape index (κ2) is 14.0. The minimum atomic E-state index is -3.98. The van der Waals surface area contributed by atoms with E-state index in [0.717, 1.165) is 50.4 Å². The van der Waals surface area contributed by atoms with Crippen LogP contribution in [0.2, 0.25) is 0 Å². The molecule has 212 valence electrons. The number of benzene rings is 3. The van der Waals surface area contributed by atoms with Crippen molar-refractivity contribution in [2.45, 2.75) is 23.8 Å². The molecule has 2 amide bonds. The molecule has 1 atom stereocenters. The molecule has 1 aliphatic heterocycles. The summed E-state index contributed by atoms with van der Waals surface area (Å²) in [6.07, 6.45) is 0.461. The van der Waals surface area contributed by atoms with Gasteiger partial charge in [0.15, 0.2) is 0 Å². The number of ether oxygens (including phenoxy) is 1. The number of anilines is 1. The number of sulfonamides is 1. The topological polar surface area (TPSA) is 137 Å². The molecule has 1 fully saturated rings. The Morgan fingerprint density at radius 1 is 0.925 bits per heavy atom. The minimum Gasteiger partial charge on any atom is -0.481 e. The number of urea groups is 1. The third-order valence-electron chi connectivity index (χ3n) is 6.54. The predicted octanol–water partition coefficient (Wildman–Crippen LogP) is 3.69. The van der Waals surface area contributed by atoms with E-state index in [2.05, 4.69) is 20.3 Å². The molecule has 3 aromatic carbocycles. The summed E-state index contributed by atoms with van der Waals surface area (Å²) < 4.78 is 34.0. The fourth-order valence-electron chi connectivity index (χ4n) is 4.45. The molecular weight excluding hydrogens is 532 g/mol. The van der Waals surface area contributed by atoms with E-state index in [0.29, 0.717) is 17.8 Å². The van der Waals surface area contributed by atoms with E-state index in [9.17, 15) is 23.1 Å². The number of carbonyl (C=O) groups is 2. The number of hydrogen-bond acceptors (Lipinski definition) is 6. The molecule has 1 heterocycles. The van der Waals surface area contributed by atoms with Crippen LogP contribution in [0.25, 0.3) is 11.1 Å². The standard InChI is InChI=1S/C29H34N4O6S/c34-28(35)21-27(23-6-2-1-3-7-23)32-40(37,38)26-12-10-22(11-13-26)24-8-4-9-25(20-24)31-29(36)30-14-5-15-33-16-18-39-19-17-33/h1-4,6-13,20,27,32H,5,14-19,21H2,(H,34,35)(H2,30,31,36). The van der Waals surface area contributed by atoms with Gasteiger partial charge in [0.1, 0.15) is 0 Å². The first-order valence-corrected chi connectivity index (χ1v) is 14.6. The van der Waals surface area contributed by atoms with Crippen LogP contribution in [0, 0.1) is 0 Å². The van der Waals surface area contributed by atoms with Gasteiger partial charge in [0.2, 0.25) is 10.0 Å². The van der Waals surface area contributed by atoms with Crippen LogP contribution < -0.4 is 15.4 Å². The van der Waals surface area contributed by atoms with Crippen molar-refractivity contribution in [3.8, 4) is 11.1 Å². The SMILES string of the molecule is O=C(O)CC(NS(=O)(=O)c1ccc(-c2cccc(NC(=O)NCCCN3CCOCC3)c2)cc1)c1ccccc1. The Labute approximate surface area is 234 Å². The summed E-state index contributed by atoms with van der Waals surface area (Å²) >= 11 is 0. The van der Waals surface area contributed by atoms with E-state index < -0.39 is 22.0 Å². The summed E-state index contributed by atoms with van der Waals surface area (Å²) in [6.45, 7) is 4.81. The van der Waals surface area contributed by atoms with E-state index in [1.807, 2.05) is 18.2 Å². The lowest BCUT2D eigenvalue weighted by Crippen LogP contribution is -2.38. The number of hydrogen-bond donors (Lipinski definition) is 4. The lowest BCUT2D eigenvalue weighted by Gasteiger charge is -2.26. The summed E-state index contributed by atoms with van der Waals surface area (Å²) in [5.41, 5.74) is 2.74. The van der Waals surface area contributed by atoms with Gasteiger partial charge in [-0.05, 0) is 53.9 Å². The first-order valence-electron chi connectivity index (χ1n) is 13.1. The van der Waals surface area contributed by atoms with Crippen molar-refractivity contribution in [3.63, 3.8) is 0 Å². The van der Waals surface area contributed by atoms with Crippen LogP contribution in [0.3, 0.4) is 0 Å². The Morgan fingerprint density at radius 2 is 1.65 bits per heavy atom. The Hall–Kier alpha value is -3.77. The monoisotopic (exact) mass is 566 g/mol. The molecule has 3 aromatic rings. The van der Waals surface area contributed by atoms with Crippen molar-refractivity contribution in [2.24, 2.45) is 0 Å². The summed E-state index contributed by atoms with van der Waals surface area (Å²) in [4.78, 5) is 26.1. The zero-order valence-electron chi connectivity index (χ0n) is 22.1. The van der Waals surface area contributed by atoms with Gasteiger partial charge in [0.05, 0.1) is 30.6 Å². The quantitative estimate of drug-likeness (QED) is 0.245. The van der Waals surface area contributed by atoms with Crippen molar-refractivity contribution < 1.29 is 27.9 Å². The first-order chi connectivity index (χ1) is 19.3. The van der Waals surface area contributed by atoms with Gasteiger partial charge in [0.25, 0.3) is 0 Å². The molecule has 0 aliphatic carbocycles. The van der Waals surface area contributed by atoms with Gasteiger partial charge >= 0.3 is 12.0 Å². The van der Waals surface area contributed by atoms with Crippen molar-refractivity contribution in [1.29, 1.82) is 0 Å². The van der Waals surface area contributed by atoms with Crippen LogP contribution in [0.15, 0.2) is 83.8 Å². The lowest BCUT2D eigenvalue weighted by molar-refractivity contribution is -0.137. The first kappa shape index (κ1) is 29.2. The largest absolute Gasteiger partial charge is 0.481 e. The number of nitrogens with one attached hydrogen (secondary N) is 3. The number of carbonyl (C=O) groups excluding carboxylic acids is 1. The molecule has 1 aliphatic rings. The van der Waals surface area contributed by atoms with Gasteiger partial charge in [-0.3, -0.25) is 9.69 Å². The second-order valence-corrected chi connectivity index (χ2v) is 11.2. The number of rotatable bonds is 12. The van der Waals surface area contributed by atoms with E-state index in [-0.39, 0.29) is 17.3 Å². The van der Waals surface area contributed by atoms with Crippen LogP contribution in [-0.4, -0.2) is 69.8 Å². The predicted molar refractivity (Wildman–Crippen MR) is 153 cm³/mol. The van der Waals surface area contributed by atoms with Crippen molar-refractivity contribution >= 4 is 27.7 Å². The number of aliphatic carboxylic acids is 1. The van der Waals surface area contributed by atoms with Gasteiger partial charge in [-0.2, -0.15) is 0 Å². The van der Waals surface area contributed by atoms with E-state index in [1.54, 1.807) is 48.5 Å². The zero-order valence-corrected chi connectivity index (χ0v) is 22.9. The van der Waals surface area contributed by atoms with Gasteiger partial charge in [-0.25, -0.2) is 17.9 Å². The number of nitrogens with zero attached hydrogens (tertiary/aromatic N) is 1. The highest BCUT2D eigenvalue weighted by Gasteiger charge is 2.23. The molecule has 4 N–H and O–H groups in total. The molecular formula is C29H34N4O6S. The maximum Gasteiger partial charge on any atom is 0.319 e. The number of carboxylic acids is 1. The van der Waals surface area contributed by atoms with Crippen LogP contribution in [-0.2, 0) is 19.6 Å². The summed E-state index contributed by atoms with van der Waals surface area (Å²) in [5.74, 6) is -1.11. The van der Waals surface area contributed by atoms with E-state index in [4.69, 9.17) is 4.74 Å². The van der Waals surface area contributed by atoms with Crippen molar-refractivity contribution in [2.75, 3.05) is 44.7 Å². The van der Waals surface area contributed by atoms with Gasteiger partial charge in [-0.15, -0.1) is 0 Å². The molecule has 0 radical (unpaired) electrons. The van der Waals surface area contributed by atoms with Gasteiger partial charge < -0.3 is 20.5 Å². The Morgan fingerprint density at radius 3 is 2.35 bits per heavy atom. The van der Waals surface area contributed by atoms with Crippen LogP contribution >= 0.6 is 0 Å². The van der Waals surface area contributed by atoms with Crippen molar-refractivity contribution in [3.05, 3.63) is 84.4 Å². The normalized spacial score (nSPS) is 14.8. The summed E-state index contributed by atoms with van der Waals surface area (Å²) in [5, 5.41) is 15.0. The molecule has 40 heavy (non-hydrogen) atoms. The van der Waals surface area contributed by atoms with Crippen molar-refractivity contribution in [1.82, 2.24) is 14.9 Å². The number of morpholine rings is 1. The highest BCUT2D eigenvalue weighted by Crippen LogP contribution is 2.26. The molecule has 10 nitrogen and oxygen atoms in total. The molecule has 1 unspecified atom stereocenters. The maximum atomic E-state index is 13.1. The summed E-state index contributed by atoms with van der Waals surface area (Å²) in [7, 11) is -3.98. The molecule has 4 rings (SSSR count). The smallest absolute Gasteiger partial charge is 0.319 e. The highest BCUT2D eigenvalue weighted by molar-refractivity contribution is 7.89. The molecule has 1 saturated heterocycles. The fourth-order valence-corrected chi connectivity index (χ4v) is 5.67. The molecule has 0 aromatic heterocycles. The fraction of sp³-hybridized carbons (Fsp3) is 0.310. The van der Waals surface area contributed by atoms with Crippen LogP contribution in [0.5, 0.6) is 0 Å². The highest BCUT2D eigenvalue weighted by atomic mass is 32.2. The number of carboxylic acid groups (broad SMARTS) is 1. The maximum absolute atomic E-state index is 13.1. The Bertz CT molecular complexity index is 1380. The Kier molecular flexibility index (Phi) is 10.3. The molecule has 0 bridgehead atoms. The lowest BCUT2D eigenvalue weighted by atomic mass is 10.1. The molecule has 0 saturated carbocycles. The van der Waals surface area contributed by atoms with Gasteiger partial charge in [-0.1, -0.05) is 54.6 Å². The zero-order chi connectivity index (χ0) is 28.4. The van der Waals surface area contributed by atoms with E-state index in [1.165, 1.54) is 12.1 Å². The average Bonchev–Trinajstić information content (AvgIpc) is 2.96. The third kappa shape index (κ3) is 8.62. The third-order valence-corrected chi connectivity index (χ3v) is 8.02. The average molecular weight is 567 g/mol. The minimum absolute atomic E-state index is 0.0216. The molecule has 11 heteroatoms. The van der Waals surface area contributed by atoms with Gasteiger partial charge in [0, 0.05) is 25.3 Å². The summed E-state index contributed by atoms with van der Waals surface area (Å²) in [6, 6.07) is 21.0. The number of amides is 2. The second-order valence-electron chi connectivity index (χ2n) is 9.48. The van der Waals surface area contributed by atoms with Crippen LogP contribution in [0.1, 0.15) is 24.4 Å². The Balaban J connectivity index is 1.35. The van der Waals surface area contributed by atoms with Crippen LogP contribution in [0.4, 0.5) is 10.5 Å². The molecule has 0 spiro atoms.